The molecule has 0 unspecified atom stereocenters. The molecular weight excluding hydrogens is 256 g/mol. The minimum Gasteiger partial charge on any atom is -0.481 e. The Morgan fingerprint density at radius 3 is 2.21 bits per heavy atom. The summed E-state index contributed by atoms with van der Waals surface area (Å²) in [6.07, 6.45) is 1.19. The third-order valence-corrected chi connectivity index (χ3v) is 3.28. The maximum absolute atomic E-state index is 13.0. The van der Waals surface area contributed by atoms with Crippen LogP contribution in [0.5, 0.6) is 0 Å². The van der Waals surface area contributed by atoms with Crippen LogP contribution in [0, 0.1) is 23.5 Å². The zero-order valence-electron chi connectivity index (χ0n) is 10.0. The molecular formula is C13H13F2NO3. The van der Waals surface area contributed by atoms with Crippen molar-refractivity contribution in [2.24, 2.45) is 11.8 Å². The third-order valence-electron chi connectivity index (χ3n) is 3.28. The van der Waals surface area contributed by atoms with Crippen LogP contribution in [0.25, 0.3) is 0 Å². The summed E-state index contributed by atoms with van der Waals surface area (Å²) in [7, 11) is 0. The zero-order chi connectivity index (χ0) is 14.0. The van der Waals surface area contributed by atoms with Gasteiger partial charge in [-0.1, -0.05) is 0 Å². The summed E-state index contributed by atoms with van der Waals surface area (Å²) in [5.41, 5.74) is 0.0428. The second-order valence-electron chi connectivity index (χ2n) is 4.69. The molecule has 0 radical (unpaired) electrons. The summed E-state index contributed by atoms with van der Waals surface area (Å²) < 4.78 is 25.9. The molecule has 1 fully saturated rings. The van der Waals surface area contributed by atoms with Crippen LogP contribution in [0.4, 0.5) is 14.5 Å². The van der Waals surface area contributed by atoms with Crippen LogP contribution >= 0.6 is 0 Å². The van der Waals surface area contributed by atoms with Gasteiger partial charge in [-0.05, 0) is 31.4 Å². The molecule has 0 heterocycles. The fourth-order valence-corrected chi connectivity index (χ4v) is 2.31. The monoisotopic (exact) mass is 269 g/mol. The van der Waals surface area contributed by atoms with E-state index >= 15 is 0 Å². The Morgan fingerprint density at radius 1 is 1.11 bits per heavy atom. The van der Waals surface area contributed by atoms with Gasteiger partial charge in [-0.15, -0.1) is 0 Å². The van der Waals surface area contributed by atoms with E-state index in [9.17, 15) is 18.4 Å². The van der Waals surface area contributed by atoms with Crippen molar-refractivity contribution < 1.29 is 23.5 Å². The molecule has 0 saturated heterocycles. The number of nitrogens with one attached hydrogen (secondary N) is 1. The van der Waals surface area contributed by atoms with Crippen LogP contribution in [-0.4, -0.2) is 17.0 Å². The van der Waals surface area contributed by atoms with Gasteiger partial charge in [0.15, 0.2) is 0 Å². The smallest absolute Gasteiger partial charge is 0.306 e. The topological polar surface area (TPSA) is 66.4 Å². The van der Waals surface area contributed by atoms with E-state index < -0.39 is 35.3 Å². The van der Waals surface area contributed by atoms with Gasteiger partial charge in [0.25, 0.3) is 0 Å². The number of amides is 1. The maximum Gasteiger partial charge on any atom is 0.306 e. The molecule has 6 heteroatoms. The number of benzene rings is 1. The highest BCUT2D eigenvalue weighted by Crippen LogP contribution is 2.32. The van der Waals surface area contributed by atoms with E-state index in [1.54, 1.807) is 0 Å². The van der Waals surface area contributed by atoms with Gasteiger partial charge in [-0.25, -0.2) is 8.78 Å². The van der Waals surface area contributed by atoms with Crippen molar-refractivity contribution in [3.63, 3.8) is 0 Å². The molecule has 1 aliphatic carbocycles. The van der Waals surface area contributed by atoms with Crippen LogP contribution in [0.2, 0.25) is 0 Å². The van der Waals surface area contributed by atoms with Gasteiger partial charge in [0.1, 0.15) is 11.6 Å². The SMILES string of the molecule is O=C(O)[C@H]1CC[C@@H](C(=O)Nc2cc(F)cc(F)c2)C1. The van der Waals surface area contributed by atoms with E-state index in [1.807, 2.05) is 0 Å². The van der Waals surface area contributed by atoms with Crippen molar-refractivity contribution >= 4 is 17.6 Å². The molecule has 0 spiro atoms. The summed E-state index contributed by atoms with van der Waals surface area (Å²) in [5.74, 6) is -3.79. The summed E-state index contributed by atoms with van der Waals surface area (Å²) in [6, 6.07) is 2.75. The summed E-state index contributed by atoms with van der Waals surface area (Å²) in [6.45, 7) is 0. The molecule has 102 valence electrons. The first-order valence-corrected chi connectivity index (χ1v) is 5.95. The number of anilines is 1. The van der Waals surface area contributed by atoms with Gasteiger partial charge in [0.2, 0.25) is 5.91 Å². The number of hydrogen-bond donors (Lipinski definition) is 2. The van der Waals surface area contributed by atoms with Crippen LogP contribution in [-0.2, 0) is 9.59 Å². The fourth-order valence-electron chi connectivity index (χ4n) is 2.31. The molecule has 2 atom stereocenters. The highest BCUT2D eigenvalue weighted by molar-refractivity contribution is 5.93. The standard InChI is InChI=1S/C13H13F2NO3/c14-9-4-10(15)6-11(5-9)16-12(17)7-1-2-8(3-7)13(18)19/h4-8H,1-3H2,(H,16,17)(H,18,19)/t7-,8+/m1/s1. The van der Waals surface area contributed by atoms with E-state index in [0.29, 0.717) is 18.9 Å². The van der Waals surface area contributed by atoms with Crippen LogP contribution in [0.15, 0.2) is 18.2 Å². The van der Waals surface area contributed by atoms with Crippen molar-refractivity contribution in [1.82, 2.24) is 0 Å². The average molecular weight is 269 g/mol. The Morgan fingerprint density at radius 2 is 1.68 bits per heavy atom. The predicted octanol–water partition coefficient (Wildman–Crippen LogP) is 2.40. The number of carboxylic acids is 1. The number of rotatable bonds is 3. The first-order valence-electron chi connectivity index (χ1n) is 5.95. The quantitative estimate of drug-likeness (QED) is 0.885. The molecule has 1 aromatic carbocycles. The minimum absolute atomic E-state index is 0.0428. The van der Waals surface area contributed by atoms with E-state index in [-0.39, 0.29) is 12.1 Å². The van der Waals surface area contributed by atoms with E-state index in [1.165, 1.54) is 0 Å². The second kappa shape index (κ2) is 5.34. The molecule has 2 N–H and O–H groups in total. The molecule has 19 heavy (non-hydrogen) atoms. The fraction of sp³-hybridized carbons (Fsp3) is 0.385. The Balaban J connectivity index is 2.00. The summed E-state index contributed by atoms with van der Waals surface area (Å²) in [4.78, 5) is 22.6. The number of halogens is 2. The largest absolute Gasteiger partial charge is 0.481 e. The molecule has 1 amide bonds. The molecule has 0 aromatic heterocycles. The van der Waals surface area contributed by atoms with Crippen molar-refractivity contribution in [3.05, 3.63) is 29.8 Å². The van der Waals surface area contributed by atoms with Crippen molar-refractivity contribution in [2.45, 2.75) is 19.3 Å². The minimum atomic E-state index is -0.910. The lowest BCUT2D eigenvalue weighted by molar-refractivity contribution is -0.141. The molecule has 1 aliphatic rings. The lowest BCUT2D eigenvalue weighted by Crippen LogP contribution is -2.21. The van der Waals surface area contributed by atoms with Gasteiger partial charge in [-0.2, -0.15) is 0 Å². The zero-order valence-corrected chi connectivity index (χ0v) is 10.0. The van der Waals surface area contributed by atoms with Crippen LogP contribution < -0.4 is 5.32 Å². The summed E-state index contributed by atoms with van der Waals surface area (Å²) >= 11 is 0. The van der Waals surface area contributed by atoms with E-state index in [2.05, 4.69) is 5.32 Å². The van der Waals surface area contributed by atoms with Crippen molar-refractivity contribution in [3.8, 4) is 0 Å². The Hall–Kier alpha value is -1.98. The molecule has 0 bridgehead atoms. The van der Waals surface area contributed by atoms with E-state index in [4.69, 9.17) is 5.11 Å². The lowest BCUT2D eigenvalue weighted by atomic mass is 10.0. The molecule has 1 aromatic rings. The number of carbonyl (C=O) groups is 2. The second-order valence-corrected chi connectivity index (χ2v) is 4.69. The van der Waals surface area contributed by atoms with Gasteiger partial charge < -0.3 is 10.4 Å². The Bertz CT molecular complexity index is 498. The Kier molecular flexibility index (Phi) is 3.78. The molecule has 0 aliphatic heterocycles. The predicted molar refractivity (Wildman–Crippen MR) is 63.5 cm³/mol. The highest BCUT2D eigenvalue weighted by Gasteiger charge is 2.33. The normalized spacial score (nSPS) is 22.2. The Labute approximate surface area is 108 Å². The van der Waals surface area contributed by atoms with Crippen LogP contribution in [0.3, 0.4) is 0 Å². The maximum atomic E-state index is 13.0. The van der Waals surface area contributed by atoms with E-state index in [0.717, 1.165) is 12.1 Å². The highest BCUT2D eigenvalue weighted by atomic mass is 19.1. The number of carboxylic acid groups (broad SMARTS) is 1. The van der Waals surface area contributed by atoms with Crippen molar-refractivity contribution in [1.29, 1.82) is 0 Å². The number of aliphatic carboxylic acids is 1. The van der Waals surface area contributed by atoms with Gasteiger partial charge in [0.05, 0.1) is 5.92 Å². The van der Waals surface area contributed by atoms with Crippen LogP contribution in [0.1, 0.15) is 19.3 Å². The lowest BCUT2D eigenvalue weighted by Gasteiger charge is -2.11. The number of carbonyl (C=O) groups excluding carboxylic acids is 1. The first-order chi connectivity index (χ1) is 8.95. The van der Waals surface area contributed by atoms with Gasteiger partial charge >= 0.3 is 5.97 Å². The third kappa shape index (κ3) is 3.27. The molecule has 2 rings (SSSR count). The van der Waals surface area contributed by atoms with Gasteiger partial charge in [0, 0.05) is 17.7 Å². The molecule has 1 saturated carbocycles. The van der Waals surface area contributed by atoms with Crippen molar-refractivity contribution in [2.75, 3.05) is 5.32 Å². The molecule has 4 nitrogen and oxygen atoms in total. The van der Waals surface area contributed by atoms with Gasteiger partial charge in [-0.3, -0.25) is 9.59 Å². The first kappa shape index (κ1) is 13.5. The summed E-state index contributed by atoms with van der Waals surface area (Å²) in [5, 5.41) is 11.3. The average Bonchev–Trinajstić information content (AvgIpc) is 2.76. The number of hydrogen-bond acceptors (Lipinski definition) is 2.